The molecular weight excluding hydrogens is 248 g/mol. The van der Waals surface area contributed by atoms with Crippen LogP contribution in [0.3, 0.4) is 0 Å². The Morgan fingerprint density at radius 3 is 3.06 bits per heavy atom. The van der Waals surface area contributed by atoms with Crippen molar-refractivity contribution in [1.29, 1.82) is 0 Å². The van der Waals surface area contributed by atoms with Crippen molar-refractivity contribution in [1.82, 2.24) is 14.6 Å². The fourth-order valence-electron chi connectivity index (χ4n) is 2.57. The van der Waals surface area contributed by atoms with E-state index in [2.05, 4.69) is 15.4 Å². The molecule has 0 bridgehead atoms. The third-order valence-electron chi connectivity index (χ3n) is 3.58. The summed E-state index contributed by atoms with van der Waals surface area (Å²) in [6.45, 7) is 0. The van der Waals surface area contributed by atoms with Gasteiger partial charge in [0.05, 0.1) is 11.6 Å². The van der Waals surface area contributed by atoms with Gasteiger partial charge in [0.2, 0.25) is 0 Å². The summed E-state index contributed by atoms with van der Waals surface area (Å²) in [5, 5.41) is 7.90. The summed E-state index contributed by atoms with van der Waals surface area (Å²) >= 11 is 6.45. The number of nitrogens with one attached hydrogen (secondary N) is 1. The van der Waals surface area contributed by atoms with E-state index in [1.54, 1.807) is 12.4 Å². The van der Waals surface area contributed by atoms with Crippen molar-refractivity contribution in [2.75, 3.05) is 5.32 Å². The van der Waals surface area contributed by atoms with Crippen LogP contribution in [0.2, 0.25) is 0 Å². The van der Waals surface area contributed by atoms with E-state index in [0.717, 1.165) is 24.2 Å². The minimum absolute atomic E-state index is 0.192. The summed E-state index contributed by atoms with van der Waals surface area (Å²) in [6.07, 6.45) is 11.4. The van der Waals surface area contributed by atoms with Crippen molar-refractivity contribution in [3.8, 4) is 0 Å². The fourth-order valence-corrected chi connectivity index (χ4v) is 2.91. The predicted molar refractivity (Wildman–Crippen MR) is 73.1 cm³/mol. The molecule has 0 radical (unpaired) electrons. The van der Waals surface area contributed by atoms with Crippen LogP contribution in [0.1, 0.15) is 32.1 Å². The highest BCUT2D eigenvalue weighted by molar-refractivity contribution is 6.21. The van der Waals surface area contributed by atoms with Crippen LogP contribution in [0.15, 0.2) is 24.7 Å². The van der Waals surface area contributed by atoms with Crippen LogP contribution >= 0.6 is 11.6 Å². The molecule has 1 aliphatic rings. The van der Waals surface area contributed by atoms with Gasteiger partial charge in [-0.25, -0.2) is 9.50 Å². The normalized spacial score (nSPS) is 24.9. The average molecular weight is 265 g/mol. The van der Waals surface area contributed by atoms with Crippen LogP contribution in [0.5, 0.6) is 0 Å². The lowest BCUT2D eigenvalue weighted by molar-refractivity contribution is 0.625. The van der Waals surface area contributed by atoms with Crippen LogP contribution in [0, 0.1) is 0 Å². The minimum atomic E-state index is 0.192. The molecule has 1 saturated carbocycles. The van der Waals surface area contributed by atoms with Crippen molar-refractivity contribution >= 4 is 22.9 Å². The number of fused-ring (bicyclic) bond motifs is 1. The molecular formula is C13H17ClN4. The van der Waals surface area contributed by atoms with Gasteiger partial charge in [0.1, 0.15) is 5.52 Å². The first-order chi connectivity index (χ1) is 8.84. The van der Waals surface area contributed by atoms with E-state index in [-0.39, 0.29) is 5.38 Å². The molecule has 5 heteroatoms. The first-order valence-electron chi connectivity index (χ1n) is 6.53. The number of halogens is 1. The zero-order chi connectivity index (χ0) is 12.4. The number of alkyl halides is 1. The van der Waals surface area contributed by atoms with Gasteiger partial charge in [0.25, 0.3) is 0 Å². The van der Waals surface area contributed by atoms with Gasteiger partial charge in [-0.15, -0.1) is 11.6 Å². The summed E-state index contributed by atoms with van der Waals surface area (Å²) in [5.41, 5.74) is 1.01. The molecule has 0 aromatic carbocycles. The number of aromatic nitrogens is 3. The van der Waals surface area contributed by atoms with Crippen molar-refractivity contribution in [2.24, 2.45) is 0 Å². The Hall–Kier alpha value is -1.29. The Labute approximate surface area is 111 Å². The van der Waals surface area contributed by atoms with Crippen LogP contribution in [0.25, 0.3) is 5.52 Å². The average Bonchev–Trinajstić information content (AvgIpc) is 2.77. The van der Waals surface area contributed by atoms with Crippen molar-refractivity contribution in [2.45, 2.75) is 43.5 Å². The second-order valence-corrected chi connectivity index (χ2v) is 5.40. The highest BCUT2D eigenvalue weighted by atomic mass is 35.5. The van der Waals surface area contributed by atoms with Gasteiger partial charge < -0.3 is 5.32 Å². The van der Waals surface area contributed by atoms with Gasteiger partial charge in [0.15, 0.2) is 5.82 Å². The minimum Gasteiger partial charge on any atom is -0.364 e. The van der Waals surface area contributed by atoms with Gasteiger partial charge in [-0.3, -0.25) is 0 Å². The molecule has 2 heterocycles. The molecule has 2 atom stereocenters. The standard InChI is InChI=1S/C13H17ClN4/c14-10-4-2-1-3-5-11(10)17-13-12-6-7-16-18(12)9-8-15-13/h6-11H,1-5H2,(H,15,17). The molecule has 0 spiro atoms. The van der Waals surface area contributed by atoms with E-state index in [0.29, 0.717) is 6.04 Å². The van der Waals surface area contributed by atoms with Gasteiger partial charge in [0, 0.05) is 18.4 Å². The fraction of sp³-hybridized carbons (Fsp3) is 0.538. The zero-order valence-electron chi connectivity index (χ0n) is 10.2. The van der Waals surface area contributed by atoms with Gasteiger partial charge >= 0.3 is 0 Å². The number of rotatable bonds is 2. The van der Waals surface area contributed by atoms with Crippen LogP contribution < -0.4 is 5.32 Å². The van der Waals surface area contributed by atoms with E-state index in [9.17, 15) is 0 Å². The third-order valence-corrected chi connectivity index (χ3v) is 4.10. The Kier molecular flexibility index (Phi) is 3.37. The topological polar surface area (TPSA) is 42.2 Å². The molecule has 3 rings (SSSR count). The lowest BCUT2D eigenvalue weighted by Crippen LogP contribution is -2.29. The maximum Gasteiger partial charge on any atom is 0.152 e. The van der Waals surface area contributed by atoms with Crippen LogP contribution in [-0.2, 0) is 0 Å². The summed E-state index contributed by atoms with van der Waals surface area (Å²) in [7, 11) is 0. The second kappa shape index (κ2) is 5.14. The molecule has 18 heavy (non-hydrogen) atoms. The van der Waals surface area contributed by atoms with Gasteiger partial charge in [-0.05, 0) is 18.9 Å². The lowest BCUT2D eigenvalue weighted by Gasteiger charge is -2.21. The number of anilines is 1. The van der Waals surface area contributed by atoms with E-state index in [1.165, 1.54) is 19.3 Å². The summed E-state index contributed by atoms with van der Waals surface area (Å²) in [6, 6.07) is 2.28. The van der Waals surface area contributed by atoms with E-state index < -0.39 is 0 Å². The van der Waals surface area contributed by atoms with Gasteiger partial charge in [-0.1, -0.05) is 19.3 Å². The maximum absolute atomic E-state index is 6.45. The predicted octanol–water partition coefficient (Wildman–Crippen LogP) is 3.08. The van der Waals surface area contributed by atoms with Crippen LogP contribution in [-0.4, -0.2) is 26.0 Å². The monoisotopic (exact) mass is 264 g/mol. The van der Waals surface area contributed by atoms with E-state index >= 15 is 0 Å². The molecule has 2 aromatic heterocycles. The molecule has 1 N–H and O–H groups in total. The summed E-state index contributed by atoms with van der Waals surface area (Å²) < 4.78 is 1.83. The molecule has 2 unspecified atom stereocenters. The molecule has 2 aromatic rings. The van der Waals surface area contributed by atoms with Gasteiger partial charge in [-0.2, -0.15) is 5.10 Å². The molecule has 1 aliphatic carbocycles. The lowest BCUT2D eigenvalue weighted by atomic mass is 10.1. The van der Waals surface area contributed by atoms with Crippen molar-refractivity contribution in [3.63, 3.8) is 0 Å². The summed E-state index contributed by atoms with van der Waals surface area (Å²) in [4.78, 5) is 4.41. The molecule has 1 fully saturated rings. The highest BCUT2D eigenvalue weighted by Crippen LogP contribution is 2.25. The smallest absolute Gasteiger partial charge is 0.152 e. The molecule has 96 valence electrons. The molecule has 0 saturated heterocycles. The Morgan fingerprint density at radius 1 is 1.22 bits per heavy atom. The molecule has 0 aliphatic heterocycles. The number of hydrogen-bond donors (Lipinski definition) is 1. The first-order valence-corrected chi connectivity index (χ1v) is 6.97. The second-order valence-electron chi connectivity index (χ2n) is 4.84. The SMILES string of the molecule is ClC1CCCCCC1Nc1nccn2nccc12. The zero-order valence-corrected chi connectivity index (χ0v) is 11.0. The molecule has 0 amide bonds. The quantitative estimate of drug-likeness (QED) is 0.670. The Bertz CT molecular complexity index is 524. The maximum atomic E-state index is 6.45. The Balaban J connectivity index is 1.84. The Morgan fingerprint density at radius 2 is 2.11 bits per heavy atom. The van der Waals surface area contributed by atoms with Crippen molar-refractivity contribution < 1.29 is 0 Å². The number of hydrogen-bond acceptors (Lipinski definition) is 3. The molecule has 4 nitrogen and oxygen atoms in total. The van der Waals surface area contributed by atoms with Crippen LogP contribution in [0.4, 0.5) is 5.82 Å². The third kappa shape index (κ3) is 2.29. The number of nitrogens with zero attached hydrogens (tertiary/aromatic N) is 3. The largest absolute Gasteiger partial charge is 0.364 e. The van der Waals surface area contributed by atoms with Crippen molar-refractivity contribution in [3.05, 3.63) is 24.7 Å². The van der Waals surface area contributed by atoms with E-state index in [4.69, 9.17) is 11.6 Å². The highest BCUT2D eigenvalue weighted by Gasteiger charge is 2.22. The summed E-state index contributed by atoms with van der Waals surface area (Å²) in [5.74, 6) is 0.882. The van der Waals surface area contributed by atoms with E-state index in [1.807, 2.05) is 16.8 Å². The first kappa shape index (κ1) is 11.8.